The quantitative estimate of drug-likeness (QED) is 0.783. The molecule has 18 heavy (non-hydrogen) atoms. The summed E-state index contributed by atoms with van der Waals surface area (Å²) in [5.41, 5.74) is 0.616. The molecule has 1 nitrogen and oxygen atoms in total. The summed E-state index contributed by atoms with van der Waals surface area (Å²) in [7, 11) is 0. The Kier molecular flexibility index (Phi) is 4.07. The Morgan fingerprint density at radius 3 is 2.94 bits per heavy atom. The van der Waals surface area contributed by atoms with Gasteiger partial charge >= 0.3 is 0 Å². The predicted molar refractivity (Wildman–Crippen MR) is 73.5 cm³/mol. The molecule has 0 radical (unpaired) electrons. The highest BCUT2D eigenvalue weighted by molar-refractivity contribution is 9.10. The van der Waals surface area contributed by atoms with Crippen molar-refractivity contribution in [2.75, 3.05) is 0 Å². The Bertz CT molecular complexity index is 480. The van der Waals surface area contributed by atoms with Crippen LogP contribution in [-0.2, 0) is 6.42 Å². The molecule has 2 atom stereocenters. The second-order valence-corrected chi connectivity index (χ2v) is 6.09. The van der Waals surface area contributed by atoms with Crippen molar-refractivity contribution >= 4 is 15.9 Å². The average Bonchev–Trinajstić information content (AvgIpc) is 2.79. The molecule has 1 saturated carbocycles. The van der Waals surface area contributed by atoms with Crippen molar-refractivity contribution in [3.8, 4) is 6.07 Å². The Balaban J connectivity index is 2.22. The number of benzene rings is 1. The molecule has 3 heteroatoms. The molecule has 1 aliphatic rings. The van der Waals surface area contributed by atoms with Crippen LogP contribution in [0.4, 0.5) is 4.39 Å². The van der Waals surface area contributed by atoms with E-state index in [1.807, 2.05) is 6.07 Å². The first-order valence-corrected chi connectivity index (χ1v) is 7.23. The third-order valence-electron chi connectivity index (χ3n) is 4.09. The summed E-state index contributed by atoms with van der Waals surface area (Å²) in [6, 6.07) is 7.56. The highest BCUT2D eigenvalue weighted by Gasteiger charge is 2.39. The molecule has 0 bridgehead atoms. The number of hydrogen-bond acceptors (Lipinski definition) is 1. The fourth-order valence-corrected chi connectivity index (χ4v) is 3.34. The largest absolute Gasteiger partial charge is 0.206 e. The maximum atomic E-state index is 13.5. The molecule has 0 aromatic heterocycles. The lowest BCUT2D eigenvalue weighted by atomic mass is 9.80. The maximum absolute atomic E-state index is 13.5. The molecular weight excluding hydrogens is 293 g/mol. The van der Waals surface area contributed by atoms with E-state index in [0.29, 0.717) is 16.8 Å². The van der Waals surface area contributed by atoms with Crippen molar-refractivity contribution < 1.29 is 4.39 Å². The van der Waals surface area contributed by atoms with Gasteiger partial charge in [-0.05, 0) is 59.2 Å². The first-order valence-electron chi connectivity index (χ1n) is 6.44. The van der Waals surface area contributed by atoms with E-state index >= 15 is 0 Å². The predicted octanol–water partition coefficient (Wildman–Crippen LogP) is 4.85. The van der Waals surface area contributed by atoms with E-state index < -0.39 is 0 Å². The molecular formula is C15H17BrFN. The molecule has 1 aromatic carbocycles. The minimum atomic E-state index is -0.295. The standard InChI is InChI=1S/C15H17BrFN/c1-2-11-6-7-15(8-11,10-18)9-12-4-3-5-13(17)14(12)16/h3-5,11H,2,6-9H2,1H3. The van der Waals surface area contributed by atoms with Gasteiger partial charge in [0.25, 0.3) is 0 Å². The molecule has 0 spiro atoms. The molecule has 0 N–H and O–H groups in total. The van der Waals surface area contributed by atoms with Crippen LogP contribution in [0.3, 0.4) is 0 Å². The van der Waals surface area contributed by atoms with Gasteiger partial charge in [-0.15, -0.1) is 0 Å². The second kappa shape index (κ2) is 5.40. The van der Waals surface area contributed by atoms with E-state index in [-0.39, 0.29) is 11.2 Å². The Hall–Kier alpha value is -0.880. The number of rotatable bonds is 3. The van der Waals surface area contributed by atoms with Gasteiger partial charge < -0.3 is 0 Å². The molecule has 0 aliphatic heterocycles. The monoisotopic (exact) mass is 309 g/mol. The van der Waals surface area contributed by atoms with E-state index in [4.69, 9.17) is 0 Å². The molecule has 96 valence electrons. The molecule has 2 rings (SSSR count). The van der Waals surface area contributed by atoms with Crippen LogP contribution < -0.4 is 0 Å². The summed E-state index contributed by atoms with van der Waals surface area (Å²) in [5.74, 6) is 0.405. The van der Waals surface area contributed by atoms with Crippen molar-refractivity contribution in [1.29, 1.82) is 5.26 Å². The normalized spacial score (nSPS) is 27.1. The number of halogens is 2. The van der Waals surface area contributed by atoms with Gasteiger partial charge in [0.1, 0.15) is 5.82 Å². The Labute approximate surface area is 116 Å². The lowest BCUT2D eigenvalue weighted by Gasteiger charge is -2.21. The van der Waals surface area contributed by atoms with Crippen molar-refractivity contribution in [3.63, 3.8) is 0 Å². The van der Waals surface area contributed by atoms with Crippen LogP contribution in [0.15, 0.2) is 22.7 Å². The van der Waals surface area contributed by atoms with Gasteiger partial charge in [-0.3, -0.25) is 0 Å². The topological polar surface area (TPSA) is 23.8 Å². The molecule has 0 amide bonds. The minimum Gasteiger partial charge on any atom is -0.206 e. The lowest BCUT2D eigenvalue weighted by Crippen LogP contribution is -2.18. The van der Waals surface area contributed by atoms with Crippen LogP contribution in [0.25, 0.3) is 0 Å². The second-order valence-electron chi connectivity index (χ2n) is 5.30. The maximum Gasteiger partial charge on any atom is 0.137 e. The first kappa shape index (κ1) is 13.5. The van der Waals surface area contributed by atoms with Crippen molar-refractivity contribution in [3.05, 3.63) is 34.1 Å². The molecule has 0 saturated heterocycles. The fraction of sp³-hybridized carbons (Fsp3) is 0.533. The van der Waals surface area contributed by atoms with Crippen LogP contribution in [0.5, 0.6) is 0 Å². The summed E-state index contributed by atoms with van der Waals surface area (Å²) >= 11 is 3.29. The van der Waals surface area contributed by atoms with Gasteiger partial charge in [-0.25, -0.2) is 4.39 Å². The minimum absolute atomic E-state index is 0.245. The third-order valence-corrected chi connectivity index (χ3v) is 4.97. The number of nitriles is 1. The van der Waals surface area contributed by atoms with Crippen LogP contribution >= 0.6 is 15.9 Å². The van der Waals surface area contributed by atoms with Gasteiger partial charge in [0, 0.05) is 0 Å². The summed E-state index contributed by atoms with van der Waals surface area (Å²) in [6.45, 7) is 2.18. The first-order chi connectivity index (χ1) is 8.60. The highest BCUT2D eigenvalue weighted by atomic mass is 79.9. The zero-order valence-corrected chi connectivity index (χ0v) is 12.1. The number of nitrogens with zero attached hydrogens (tertiary/aromatic N) is 1. The van der Waals surface area contributed by atoms with Gasteiger partial charge in [-0.1, -0.05) is 25.5 Å². The molecule has 0 heterocycles. The smallest absolute Gasteiger partial charge is 0.137 e. The zero-order valence-electron chi connectivity index (χ0n) is 10.5. The molecule has 2 unspecified atom stereocenters. The van der Waals surface area contributed by atoms with Crippen molar-refractivity contribution in [2.45, 2.75) is 39.0 Å². The summed E-state index contributed by atoms with van der Waals surface area (Å²) in [5, 5.41) is 9.49. The summed E-state index contributed by atoms with van der Waals surface area (Å²) < 4.78 is 14.0. The van der Waals surface area contributed by atoms with Crippen molar-refractivity contribution in [2.24, 2.45) is 11.3 Å². The van der Waals surface area contributed by atoms with Gasteiger partial charge in [0.05, 0.1) is 16.0 Å². The van der Waals surface area contributed by atoms with E-state index in [9.17, 15) is 9.65 Å². The third kappa shape index (κ3) is 2.59. The van der Waals surface area contributed by atoms with Crippen LogP contribution in [0.1, 0.15) is 38.2 Å². The van der Waals surface area contributed by atoms with Gasteiger partial charge in [0.15, 0.2) is 0 Å². The van der Waals surface area contributed by atoms with Gasteiger partial charge in [0.2, 0.25) is 0 Å². The van der Waals surface area contributed by atoms with E-state index in [2.05, 4.69) is 28.9 Å². The fourth-order valence-electron chi connectivity index (χ4n) is 2.94. The molecule has 1 aromatic rings. The van der Waals surface area contributed by atoms with Gasteiger partial charge in [-0.2, -0.15) is 5.26 Å². The van der Waals surface area contributed by atoms with Crippen LogP contribution in [-0.4, -0.2) is 0 Å². The Morgan fingerprint density at radius 1 is 1.56 bits per heavy atom. The van der Waals surface area contributed by atoms with E-state index in [0.717, 1.165) is 31.2 Å². The van der Waals surface area contributed by atoms with Crippen molar-refractivity contribution in [1.82, 2.24) is 0 Å². The molecule has 1 aliphatic carbocycles. The lowest BCUT2D eigenvalue weighted by molar-refractivity contribution is 0.379. The zero-order chi connectivity index (χ0) is 13.2. The number of hydrogen-bond donors (Lipinski definition) is 0. The van der Waals surface area contributed by atoms with Crippen LogP contribution in [0.2, 0.25) is 0 Å². The average molecular weight is 310 g/mol. The summed E-state index contributed by atoms with van der Waals surface area (Å²) in [6.07, 6.45) is 4.79. The SMILES string of the molecule is CCC1CCC(C#N)(Cc2cccc(F)c2Br)C1. The van der Waals surface area contributed by atoms with E-state index in [1.54, 1.807) is 6.07 Å². The summed E-state index contributed by atoms with van der Waals surface area (Å²) in [4.78, 5) is 0. The molecule has 1 fully saturated rings. The Morgan fingerprint density at radius 2 is 2.33 bits per heavy atom. The highest BCUT2D eigenvalue weighted by Crippen LogP contribution is 2.45. The van der Waals surface area contributed by atoms with Crippen LogP contribution in [0, 0.1) is 28.5 Å². The van der Waals surface area contributed by atoms with E-state index in [1.165, 1.54) is 6.07 Å².